The highest BCUT2D eigenvalue weighted by Gasteiger charge is 2.33. The van der Waals surface area contributed by atoms with Crippen molar-refractivity contribution in [2.24, 2.45) is 0 Å². The Morgan fingerprint density at radius 2 is 1.63 bits per heavy atom. The number of imide groups is 1. The van der Waals surface area contributed by atoms with Gasteiger partial charge in [0.15, 0.2) is 0 Å². The molecule has 1 aromatic heterocycles. The highest BCUT2D eigenvalue weighted by Crippen LogP contribution is 2.34. The minimum absolute atomic E-state index is 0.201. The summed E-state index contributed by atoms with van der Waals surface area (Å²) in [6.45, 7) is 2.94. The lowest BCUT2D eigenvalue weighted by Crippen LogP contribution is -2.27. The maximum Gasteiger partial charge on any atom is 0.293 e. The van der Waals surface area contributed by atoms with Crippen molar-refractivity contribution >= 4 is 50.7 Å². The van der Waals surface area contributed by atoms with E-state index in [1.807, 2.05) is 25.1 Å². The van der Waals surface area contributed by atoms with E-state index in [9.17, 15) is 9.59 Å². The molecule has 1 aliphatic heterocycles. The number of hydrogen-bond donors (Lipinski definition) is 0. The van der Waals surface area contributed by atoms with Crippen LogP contribution in [0, 0.1) is 0 Å². The van der Waals surface area contributed by atoms with E-state index in [4.69, 9.17) is 0 Å². The summed E-state index contributed by atoms with van der Waals surface area (Å²) in [5.74, 6) is -0.210. The van der Waals surface area contributed by atoms with Crippen LogP contribution in [0.5, 0.6) is 0 Å². The molecule has 5 heteroatoms. The quantitative estimate of drug-likeness (QED) is 0.392. The van der Waals surface area contributed by atoms with Gasteiger partial charge in [-0.15, -0.1) is 0 Å². The average molecular weight is 413 g/mol. The van der Waals surface area contributed by atoms with Crippen LogP contribution in [0.1, 0.15) is 18.1 Å². The van der Waals surface area contributed by atoms with Gasteiger partial charge in [0.2, 0.25) is 0 Å². The maximum atomic E-state index is 12.5. The standard InChI is InChI=1S/C25H20N2O2S/c1-2-27-24(28)23(30-25(27)29)14-19-16-26(22-13-6-5-12-21(19)22)15-18-10-7-9-17-8-3-4-11-20(17)18/h3-14,16H,2,15H2,1H3/b23-14+. The third-order valence-corrected chi connectivity index (χ3v) is 6.42. The first-order valence-corrected chi connectivity index (χ1v) is 10.8. The molecule has 0 aliphatic carbocycles. The van der Waals surface area contributed by atoms with E-state index in [0.717, 1.165) is 34.8 Å². The van der Waals surface area contributed by atoms with E-state index in [0.29, 0.717) is 11.4 Å². The van der Waals surface area contributed by atoms with Gasteiger partial charge in [-0.2, -0.15) is 0 Å². The number of rotatable bonds is 4. The third-order valence-electron chi connectivity index (χ3n) is 5.52. The van der Waals surface area contributed by atoms with Gasteiger partial charge in [0.05, 0.1) is 4.91 Å². The molecule has 1 saturated heterocycles. The molecule has 0 bridgehead atoms. The number of likely N-dealkylation sites (N-methyl/N-ethyl adjacent to an activating group) is 1. The van der Waals surface area contributed by atoms with Gasteiger partial charge >= 0.3 is 0 Å². The lowest BCUT2D eigenvalue weighted by molar-refractivity contribution is -0.122. The molecule has 1 fully saturated rings. The molecule has 0 radical (unpaired) electrons. The summed E-state index contributed by atoms with van der Waals surface area (Å²) < 4.78 is 2.22. The number of aromatic nitrogens is 1. The fourth-order valence-corrected chi connectivity index (χ4v) is 4.94. The summed E-state index contributed by atoms with van der Waals surface area (Å²) >= 11 is 1.01. The summed E-state index contributed by atoms with van der Waals surface area (Å²) in [4.78, 5) is 26.4. The number of benzene rings is 3. The SMILES string of the molecule is CCN1C(=O)S/C(=C/c2cn(Cc3cccc4ccccc34)c3ccccc23)C1=O. The Bertz CT molecular complexity index is 1330. The molecule has 2 amide bonds. The second kappa shape index (κ2) is 7.50. The van der Waals surface area contributed by atoms with Crippen LogP contribution in [0.3, 0.4) is 0 Å². The first kappa shape index (κ1) is 18.7. The van der Waals surface area contributed by atoms with E-state index in [1.54, 1.807) is 0 Å². The van der Waals surface area contributed by atoms with Gasteiger partial charge in [-0.3, -0.25) is 14.5 Å². The number of hydrogen-bond acceptors (Lipinski definition) is 3. The fraction of sp³-hybridized carbons (Fsp3) is 0.120. The summed E-state index contributed by atoms with van der Waals surface area (Å²) in [7, 11) is 0. The highest BCUT2D eigenvalue weighted by atomic mass is 32.2. The molecule has 0 saturated carbocycles. The van der Waals surface area contributed by atoms with Crippen molar-refractivity contribution in [3.63, 3.8) is 0 Å². The molecule has 0 unspecified atom stereocenters. The van der Waals surface area contributed by atoms with E-state index < -0.39 is 0 Å². The number of carbonyl (C=O) groups excluding carboxylic acids is 2. The molecular formula is C25H20N2O2S. The molecule has 0 atom stereocenters. The van der Waals surface area contributed by atoms with Gasteiger partial charge < -0.3 is 4.57 Å². The zero-order valence-electron chi connectivity index (χ0n) is 16.5. The zero-order valence-corrected chi connectivity index (χ0v) is 17.4. The molecule has 4 aromatic rings. The van der Waals surface area contributed by atoms with Crippen LogP contribution in [-0.4, -0.2) is 27.2 Å². The minimum atomic E-state index is -0.210. The maximum absolute atomic E-state index is 12.5. The second-order valence-electron chi connectivity index (χ2n) is 7.29. The fourth-order valence-electron chi connectivity index (χ4n) is 4.05. The van der Waals surface area contributed by atoms with Crippen LogP contribution in [0.15, 0.2) is 77.8 Å². The van der Waals surface area contributed by atoms with Gasteiger partial charge in [0.1, 0.15) is 0 Å². The number of amides is 2. The molecular weight excluding hydrogens is 392 g/mol. The third kappa shape index (κ3) is 3.12. The molecule has 30 heavy (non-hydrogen) atoms. The number of para-hydroxylation sites is 1. The highest BCUT2D eigenvalue weighted by molar-refractivity contribution is 8.18. The van der Waals surface area contributed by atoms with Crippen LogP contribution < -0.4 is 0 Å². The van der Waals surface area contributed by atoms with E-state index in [2.05, 4.69) is 65.4 Å². The number of thioether (sulfide) groups is 1. The molecule has 0 spiro atoms. The Morgan fingerprint density at radius 3 is 2.43 bits per heavy atom. The number of fused-ring (bicyclic) bond motifs is 2. The van der Waals surface area contributed by atoms with Gasteiger partial charge in [0, 0.05) is 35.8 Å². The summed E-state index contributed by atoms with van der Waals surface area (Å²) in [5, 5.41) is 3.33. The Morgan fingerprint density at radius 1 is 0.900 bits per heavy atom. The number of nitrogens with zero attached hydrogens (tertiary/aromatic N) is 2. The molecule has 148 valence electrons. The molecule has 1 aliphatic rings. The average Bonchev–Trinajstić information content (AvgIpc) is 3.25. The molecule has 0 N–H and O–H groups in total. The van der Waals surface area contributed by atoms with Crippen molar-refractivity contribution in [2.45, 2.75) is 13.5 Å². The van der Waals surface area contributed by atoms with Crippen molar-refractivity contribution in [3.05, 3.63) is 89.0 Å². The van der Waals surface area contributed by atoms with Gasteiger partial charge in [0.25, 0.3) is 11.1 Å². The molecule has 4 nitrogen and oxygen atoms in total. The summed E-state index contributed by atoms with van der Waals surface area (Å²) in [6, 6.07) is 22.9. The lowest BCUT2D eigenvalue weighted by Gasteiger charge is -2.09. The lowest BCUT2D eigenvalue weighted by atomic mass is 10.0. The molecule has 5 rings (SSSR count). The molecule has 3 aromatic carbocycles. The predicted octanol–water partition coefficient (Wildman–Crippen LogP) is 5.90. The van der Waals surface area contributed by atoms with Crippen LogP contribution in [-0.2, 0) is 11.3 Å². The van der Waals surface area contributed by atoms with Gasteiger partial charge in [-0.1, -0.05) is 60.7 Å². The second-order valence-corrected chi connectivity index (χ2v) is 8.29. The monoisotopic (exact) mass is 412 g/mol. The number of carbonyl (C=O) groups is 2. The van der Waals surface area contributed by atoms with Crippen molar-refractivity contribution in [2.75, 3.05) is 6.54 Å². The predicted molar refractivity (Wildman–Crippen MR) is 123 cm³/mol. The van der Waals surface area contributed by atoms with E-state index in [-0.39, 0.29) is 11.1 Å². The van der Waals surface area contributed by atoms with Crippen molar-refractivity contribution in [1.29, 1.82) is 0 Å². The Kier molecular flexibility index (Phi) is 4.68. The van der Waals surface area contributed by atoms with Crippen LogP contribution >= 0.6 is 11.8 Å². The van der Waals surface area contributed by atoms with Gasteiger partial charge in [-0.05, 0) is 47.2 Å². The largest absolute Gasteiger partial charge is 0.342 e. The Balaban J connectivity index is 1.59. The first-order valence-electron chi connectivity index (χ1n) is 9.95. The van der Waals surface area contributed by atoms with Gasteiger partial charge in [-0.25, -0.2) is 0 Å². The topological polar surface area (TPSA) is 42.3 Å². The molecule has 2 heterocycles. The Labute approximate surface area is 178 Å². The van der Waals surface area contributed by atoms with E-state index >= 15 is 0 Å². The Hall–Kier alpha value is -3.31. The van der Waals surface area contributed by atoms with E-state index in [1.165, 1.54) is 21.2 Å². The van der Waals surface area contributed by atoms with Crippen molar-refractivity contribution in [3.8, 4) is 0 Å². The van der Waals surface area contributed by atoms with Crippen LogP contribution in [0.25, 0.3) is 27.8 Å². The first-order chi connectivity index (χ1) is 14.7. The zero-order chi connectivity index (χ0) is 20.7. The normalized spacial score (nSPS) is 15.8. The summed E-state index contributed by atoms with van der Waals surface area (Å²) in [5.41, 5.74) is 3.30. The van der Waals surface area contributed by atoms with Crippen molar-refractivity contribution in [1.82, 2.24) is 9.47 Å². The van der Waals surface area contributed by atoms with Crippen LogP contribution in [0.4, 0.5) is 4.79 Å². The van der Waals surface area contributed by atoms with Crippen LogP contribution in [0.2, 0.25) is 0 Å². The smallest absolute Gasteiger partial charge is 0.293 e. The summed E-state index contributed by atoms with van der Waals surface area (Å²) in [6.07, 6.45) is 3.93. The minimum Gasteiger partial charge on any atom is -0.342 e. The van der Waals surface area contributed by atoms with Crippen molar-refractivity contribution < 1.29 is 9.59 Å².